The van der Waals surface area contributed by atoms with Gasteiger partial charge in [0.1, 0.15) is 6.61 Å². The van der Waals surface area contributed by atoms with Crippen molar-refractivity contribution in [3.05, 3.63) is 71.8 Å². The van der Waals surface area contributed by atoms with Crippen LogP contribution in [-0.2, 0) is 14.9 Å². The van der Waals surface area contributed by atoms with Gasteiger partial charge in [0, 0.05) is 12.0 Å². The molecular formula is C23H28ClNO2. The number of carbonyl (C=O) groups excluding carboxylic acids is 1. The average molecular weight is 386 g/mol. The van der Waals surface area contributed by atoms with E-state index in [9.17, 15) is 4.79 Å². The SMILES string of the molecule is Cl.O=C(OCCN1CCCCC1)C1CC1(c1ccccc1)c1ccccc1. The molecule has 0 bridgehead atoms. The zero-order chi connectivity index (χ0) is 17.8. The first kappa shape index (κ1) is 19.9. The van der Waals surface area contributed by atoms with Crippen LogP contribution in [0.5, 0.6) is 0 Å². The molecule has 1 atom stereocenters. The molecule has 2 fully saturated rings. The van der Waals surface area contributed by atoms with Gasteiger partial charge in [-0.15, -0.1) is 12.4 Å². The van der Waals surface area contributed by atoms with Crippen molar-refractivity contribution in [1.82, 2.24) is 4.90 Å². The van der Waals surface area contributed by atoms with Gasteiger partial charge in [-0.05, 0) is 43.5 Å². The van der Waals surface area contributed by atoms with Gasteiger partial charge in [-0.3, -0.25) is 9.69 Å². The van der Waals surface area contributed by atoms with Gasteiger partial charge < -0.3 is 4.74 Å². The molecule has 1 saturated carbocycles. The number of ether oxygens (including phenoxy) is 1. The number of likely N-dealkylation sites (tertiary alicyclic amines) is 1. The molecule has 1 heterocycles. The Balaban J connectivity index is 0.00000210. The van der Waals surface area contributed by atoms with Crippen molar-refractivity contribution in [3.8, 4) is 0 Å². The summed E-state index contributed by atoms with van der Waals surface area (Å²) in [6.07, 6.45) is 4.70. The maximum absolute atomic E-state index is 12.8. The third-order valence-electron chi connectivity index (χ3n) is 5.92. The predicted molar refractivity (Wildman–Crippen MR) is 110 cm³/mol. The van der Waals surface area contributed by atoms with Gasteiger partial charge in [0.2, 0.25) is 0 Å². The normalized spacial score (nSPS) is 21.1. The number of benzene rings is 2. The van der Waals surface area contributed by atoms with E-state index in [0.29, 0.717) is 6.61 Å². The summed E-state index contributed by atoms with van der Waals surface area (Å²) < 4.78 is 5.69. The Hall–Kier alpha value is -1.84. The van der Waals surface area contributed by atoms with Gasteiger partial charge >= 0.3 is 5.97 Å². The van der Waals surface area contributed by atoms with Gasteiger partial charge in [0.25, 0.3) is 0 Å². The van der Waals surface area contributed by atoms with Crippen molar-refractivity contribution in [1.29, 1.82) is 0 Å². The van der Waals surface area contributed by atoms with E-state index >= 15 is 0 Å². The number of hydrogen-bond donors (Lipinski definition) is 0. The van der Waals surface area contributed by atoms with Crippen LogP contribution in [0.4, 0.5) is 0 Å². The molecule has 3 nitrogen and oxygen atoms in total. The minimum atomic E-state index is -0.218. The fourth-order valence-electron chi connectivity index (χ4n) is 4.38. The summed E-state index contributed by atoms with van der Waals surface area (Å²) in [5, 5.41) is 0. The molecule has 0 radical (unpaired) electrons. The van der Waals surface area contributed by atoms with Crippen LogP contribution < -0.4 is 0 Å². The molecule has 2 aromatic rings. The van der Waals surface area contributed by atoms with Crippen molar-refractivity contribution < 1.29 is 9.53 Å². The lowest BCUT2D eigenvalue weighted by atomic mass is 9.86. The van der Waals surface area contributed by atoms with Crippen LogP contribution in [-0.4, -0.2) is 37.1 Å². The smallest absolute Gasteiger partial charge is 0.310 e. The molecule has 4 rings (SSSR count). The van der Waals surface area contributed by atoms with E-state index in [1.54, 1.807) is 0 Å². The number of piperidine rings is 1. The number of hydrogen-bond acceptors (Lipinski definition) is 3. The van der Waals surface area contributed by atoms with Crippen molar-refractivity contribution in [2.24, 2.45) is 5.92 Å². The molecule has 0 amide bonds. The van der Waals surface area contributed by atoms with Crippen LogP contribution >= 0.6 is 12.4 Å². The van der Waals surface area contributed by atoms with E-state index in [-0.39, 0.29) is 29.7 Å². The predicted octanol–water partition coefficient (Wildman–Crippen LogP) is 4.44. The monoisotopic (exact) mass is 385 g/mol. The molecular weight excluding hydrogens is 358 g/mol. The topological polar surface area (TPSA) is 29.5 Å². The summed E-state index contributed by atoms with van der Waals surface area (Å²) in [5.41, 5.74) is 2.21. The molecule has 27 heavy (non-hydrogen) atoms. The summed E-state index contributed by atoms with van der Waals surface area (Å²) in [6.45, 7) is 3.65. The molecule has 1 aliphatic carbocycles. The number of carbonyl (C=O) groups is 1. The molecule has 1 saturated heterocycles. The fourth-order valence-corrected chi connectivity index (χ4v) is 4.38. The maximum Gasteiger partial charge on any atom is 0.310 e. The fraction of sp³-hybridized carbons (Fsp3) is 0.435. The number of nitrogens with zero attached hydrogens (tertiary/aromatic N) is 1. The van der Waals surface area contributed by atoms with Crippen molar-refractivity contribution >= 4 is 18.4 Å². The number of rotatable bonds is 6. The molecule has 1 unspecified atom stereocenters. The second-order valence-corrected chi connectivity index (χ2v) is 7.53. The Bertz CT molecular complexity index is 689. The lowest BCUT2D eigenvalue weighted by molar-refractivity contribution is -0.146. The summed E-state index contributed by atoms with van der Waals surface area (Å²) in [7, 11) is 0. The second kappa shape index (κ2) is 8.90. The standard InChI is InChI=1S/C23H27NO2.ClH/c25-22(26-17-16-24-14-8-3-9-15-24)21-18-23(21,19-10-4-1-5-11-19)20-12-6-2-7-13-20;/h1-2,4-7,10-13,21H,3,8-9,14-18H2;1H. The van der Waals surface area contributed by atoms with E-state index in [0.717, 1.165) is 26.1 Å². The van der Waals surface area contributed by atoms with E-state index < -0.39 is 0 Å². The van der Waals surface area contributed by atoms with Crippen LogP contribution in [0.25, 0.3) is 0 Å². The minimum Gasteiger partial charge on any atom is -0.464 e. The van der Waals surface area contributed by atoms with Crippen molar-refractivity contribution in [2.75, 3.05) is 26.2 Å². The Morgan fingerprint density at radius 1 is 0.926 bits per heavy atom. The molecule has 2 aromatic carbocycles. The first-order chi connectivity index (χ1) is 12.8. The van der Waals surface area contributed by atoms with Crippen molar-refractivity contribution in [2.45, 2.75) is 31.1 Å². The zero-order valence-corrected chi connectivity index (χ0v) is 16.5. The summed E-state index contributed by atoms with van der Waals surface area (Å²) in [4.78, 5) is 15.2. The zero-order valence-electron chi connectivity index (χ0n) is 15.7. The highest BCUT2D eigenvalue weighted by molar-refractivity contribution is 5.85. The molecule has 0 aromatic heterocycles. The lowest BCUT2D eigenvalue weighted by Crippen LogP contribution is -2.33. The van der Waals surface area contributed by atoms with Gasteiger partial charge in [0.15, 0.2) is 0 Å². The Kier molecular flexibility index (Phi) is 6.56. The highest BCUT2D eigenvalue weighted by Crippen LogP contribution is 2.59. The van der Waals surface area contributed by atoms with Gasteiger partial charge in [-0.1, -0.05) is 67.1 Å². The first-order valence-corrected chi connectivity index (χ1v) is 9.81. The van der Waals surface area contributed by atoms with E-state index in [1.807, 2.05) is 12.1 Å². The largest absolute Gasteiger partial charge is 0.464 e. The van der Waals surface area contributed by atoms with Crippen LogP contribution in [0.1, 0.15) is 36.8 Å². The van der Waals surface area contributed by atoms with Crippen molar-refractivity contribution in [3.63, 3.8) is 0 Å². The van der Waals surface area contributed by atoms with Crippen LogP contribution in [0.2, 0.25) is 0 Å². The van der Waals surface area contributed by atoms with Crippen LogP contribution in [0, 0.1) is 5.92 Å². The molecule has 0 spiro atoms. The third kappa shape index (κ3) is 4.20. The maximum atomic E-state index is 12.8. The lowest BCUT2D eigenvalue weighted by Gasteiger charge is -2.26. The summed E-state index contributed by atoms with van der Waals surface area (Å²) >= 11 is 0. The average Bonchev–Trinajstić information content (AvgIpc) is 3.47. The minimum absolute atomic E-state index is 0. The van der Waals surface area contributed by atoms with E-state index in [2.05, 4.69) is 53.4 Å². The second-order valence-electron chi connectivity index (χ2n) is 7.53. The quantitative estimate of drug-likeness (QED) is 0.688. The summed E-state index contributed by atoms with van der Waals surface area (Å²) in [5.74, 6) is -0.122. The molecule has 0 N–H and O–H groups in total. The highest BCUT2D eigenvalue weighted by atomic mass is 35.5. The van der Waals surface area contributed by atoms with Gasteiger partial charge in [-0.25, -0.2) is 0 Å². The molecule has 1 aliphatic heterocycles. The molecule has 2 aliphatic rings. The van der Waals surface area contributed by atoms with Gasteiger partial charge in [-0.2, -0.15) is 0 Å². The Morgan fingerprint density at radius 2 is 1.48 bits per heavy atom. The summed E-state index contributed by atoms with van der Waals surface area (Å²) in [6, 6.07) is 20.8. The molecule has 144 valence electrons. The van der Waals surface area contributed by atoms with Crippen LogP contribution in [0.15, 0.2) is 60.7 Å². The van der Waals surface area contributed by atoms with Gasteiger partial charge in [0.05, 0.1) is 5.92 Å². The first-order valence-electron chi connectivity index (χ1n) is 9.81. The molecule has 4 heteroatoms. The van der Waals surface area contributed by atoms with E-state index in [1.165, 1.54) is 30.4 Å². The number of esters is 1. The Labute approximate surface area is 168 Å². The van der Waals surface area contributed by atoms with Crippen LogP contribution in [0.3, 0.4) is 0 Å². The highest BCUT2D eigenvalue weighted by Gasteiger charge is 2.61. The number of halogens is 1. The third-order valence-corrected chi connectivity index (χ3v) is 5.92. The Morgan fingerprint density at radius 3 is 2.04 bits per heavy atom. The van der Waals surface area contributed by atoms with E-state index in [4.69, 9.17) is 4.74 Å².